The average molecular weight is 328 g/mol. The SMILES string of the molecule is Cc1cc(C)nc(Nc2nccnc2[C@H]2CCCN(CCO)C2)n1. The number of piperidine rings is 1. The molecule has 3 rings (SSSR count). The van der Waals surface area contributed by atoms with Crippen LogP contribution in [0.4, 0.5) is 11.8 Å². The highest BCUT2D eigenvalue weighted by atomic mass is 16.3. The summed E-state index contributed by atoms with van der Waals surface area (Å²) in [5, 5.41) is 12.4. The number of rotatable bonds is 5. The maximum atomic E-state index is 9.18. The number of hydrogen-bond donors (Lipinski definition) is 2. The van der Waals surface area contributed by atoms with E-state index in [2.05, 4.69) is 30.2 Å². The number of aliphatic hydroxyl groups excluding tert-OH is 1. The second-order valence-corrected chi connectivity index (χ2v) is 6.25. The minimum atomic E-state index is 0.189. The second kappa shape index (κ2) is 7.63. The molecule has 0 aliphatic carbocycles. The summed E-state index contributed by atoms with van der Waals surface area (Å²) >= 11 is 0. The highest BCUT2D eigenvalue weighted by Gasteiger charge is 2.25. The molecule has 0 aromatic carbocycles. The molecule has 2 N–H and O–H groups in total. The highest BCUT2D eigenvalue weighted by Crippen LogP contribution is 2.30. The maximum Gasteiger partial charge on any atom is 0.228 e. The number of anilines is 2. The van der Waals surface area contributed by atoms with Gasteiger partial charge in [-0.3, -0.25) is 4.98 Å². The average Bonchev–Trinajstić information content (AvgIpc) is 2.55. The van der Waals surface area contributed by atoms with E-state index in [0.717, 1.165) is 48.8 Å². The van der Waals surface area contributed by atoms with Gasteiger partial charge in [0.25, 0.3) is 0 Å². The van der Waals surface area contributed by atoms with Gasteiger partial charge in [0.15, 0.2) is 5.82 Å². The summed E-state index contributed by atoms with van der Waals surface area (Å²) in [6, 6.07) is 1.94. The van der Waals surface area contributed by atoms with Gasteiger partial charge in [0.05, 0.1) is 12.3 Å². The lowest BCUT2D eigenvalue weighted by molar-refractivity contribution is 0.160. The van der Waals surface area contributed by atoms with Gasteiger partial charge in [-0.25, -0.2) is 15.0 Å². The first kappa shape index (κ1) is 16.7. The Morgan fingerprint density at radius 2 is 1.96 bits per heavy atom. The van der Waals surface area contributed by atoms with Crippen LogP contribution in [-0.4, -0.2) is 56.2 Å². The summed E-state index contributed by atoms with van der Waals surface area (Å²) in [4.78, 5) is 20.2. The van der Waals surface area contributed by atoms with E-state index >= 15 is 0 Å². The zero-order valence-electron chi connectivity index (χ0n) is 14.2. The minimum Gasteiger partial charge on any atom is -0.395 e. The number of aromatic nitrogens is 4. The predicted octanol–water partition coefficient (Wildman–Crippen LogP) is 1.80. The molecule has 3 heterocycles. The third-order valence-corrected chi connectivity index (χ3v) is 4.25. The molecule has 128 valence electrons. The van der Waals surface area contributed by atoms with Crippen LogP contribution in [0.1, 0.15) is 35.8 Å². The van der Waals surface area contributed by atoms with Crippen molar-refractivity contribution in [1.29, 1.82) is 0 Å². The molecule has 1 aliphatic rings. The van der Waals surface area contributed by atoms with Crippen LogP contribution in [-0.2, 0) is 0 Å². The van der Waals surface area contributed by atoms with Crippen LogP contribution in [0.25, 0.3) is 0 Å². The molecule has 1 atom stereocenters. The Labute approximate surface area is 142 Å². The molecule has 1 saturated heterocycles. The summed E-state index contributed by atoms with van der Waals surface area (Å²) in [7, 11) is 0. The van der Waals surface area contributed by atoms with Gasteiger partial charge >= 0.3 is 0 Å². The van der Waals surface area contributed by atoms with Crippen molar-refractivity contribution in [3.8, 4) is 0 Å². The van der Waals surface area contributed by atoms with Gasteiger partial charge in [-0.15, -0.1) is 0 Å². The van der Waals surface area contributed by atoms with Crippen molar-refractivity contribution in [3.05, 3.63) is 35.5 Å². The quantitative estimate of drug-likeness (QED) is 0.865. The van der Waals surface area contributed by atoms with E-state index in [1.807, 2.05) is 19.9 Å². The number of likely N-dealkylation sites (tertiary alicyclic amines) is 1. The van der Waals surface area contributed by atoms with Crippen LogP contribution >= 0.6 is 0 Å². The van der Waals surface area contributed by atoms with Gasteiger partial charge in [0, 0.05) is 42.8 Å². The summed E-state index contributed by atoms with van der Waals surface area (Å²) < 4.78 is 0. The Bertz CT molecular complexity index is 670. The smallest absolute Gasteiger partial charge is 0.228 e. The Hall–Kier alpha value is -2.12. The van der Waals surface area contributed by atoms with Crippen molar-refractivity contribution in [2.75, 3.05) is 31.6 Å². The van der Waals surface area contributed by atoms with Crippen LogP contribution in [0, 0.1) is 13.8 Å². The first-order chi connectivity index (χ1) is 11.7. The first-order valence-corrected chi connectivity index (χ1v) is 8.39. The number of aryl methyl sites for hydroxylation is 2. The Balaban J connectivity index is 1.82. The second-order valence-electron chi connectivity index (χ2n) is 6.25. The van der Waals surface area contributed by atoms with E-state index in [1.165, 1.54) is 0 Å². The van der Waals surface area contributed by atoms with Crippen molar-refractivity contribution >= 4 is 11.8 Å². The molecule has 0 spiro atoms. The van der Waals surface area contributed by atoms with Crippen LogP contribution < -0.4 is 5.32 Å². The van der Waals surface area contributed by atoms with Crippen LogP contribution in [0.3, 0.4) is 0 Å². The van der Waals surface area contributed by atoms with E-state index in [9.17, 15) is 5.11 Å². The van der Waals surface area contributed by atoms with E-state index in [0.29, 0.717) is 18.4 Å². The number of hydrogen-bond acceptors (Lipinski definition) is 7. The van der Waals surface area contributed by atoms with Crippen molar-refractivity contribution < 1.29 is 5.11 Å². The highest BCUT2D eigenvalue weighted by molar-refractivity contribution is 5.52. The van der Waals surface area contributed by atoms with Gasteiger partial charge in [-0.1, -0.05) is 0 Å². The molecule has 0 amide bonds. The van der Waals surface area contributed by atoms with Crippen LogP contribution in [0.15, 0.2) is 18.5 Å². The van der Waals surface area contributed by atoms with Gasteiger partial charge < -0.3 is 15.3 Å². The lowest BCUT2D eigenvalue weighted by Gasteiger charge is -2.32. The zero-order chi connectivity index (χ0) is 16.9. The number of nitrogens with one attached hydrogen (secondary N) is 1. The molecule has 7 nitrogen and oxygen atoms in total. The Morgan fingerprint density at radius 1 is 1.21 bits per heavy atom. The maximum absolute atomic E-state index is 9.18. The molecule has 0 saturated carbocycles. The monoisotopic (exact) mass is 328 g/mol. The zero-order valence-corrected chi connectivity index (χ0v) is 14.2. The molecule has 1 aliphatic heterocycles. The molecular weight excluding hydrogens is 304 g/mol. The molecule has 2 aromatic heterocycles. The normalized spacial score (nSPS) is 18.5. The van der Waals surface area contributed by atoms with Crippen molar-refractivity contribution in [2.45, 2.75) is 32.6 Å². The molecular formula is C17H24N6O. The summed E-state index contributed by atoms with van der Waals surface area (Å²) in [5.74, 6) is 1.57. The Morgan fingerprint density at radius 3 is 2.71 bits per heavy atom. The molecule has 2 aromatic rings. The third kappa shape index (κ3) is 4.04. The topological polar surface area (TPSA) is 87.1 Å². The standard InChI is InChI=1S/C17H24N6O/c1-12-10-13(2)21-17(20-12)22-16-15(18-5-6-19-16)14-4-3-7-23(11-14)8-9-24/h5-6,10,14,24H,3-4,7-9,11H2,1-2H3,(H,19,20,21,22)/t14-/m0/s1. The number of β-amino-alcohol motifs (C(OH)–C–C–N with tert-alkyl or cyclic N) is 1. The lowest BCUT2D eigenvalue weighted by atomic mass is 9.94. The fourth-order valence-corrected chi connectivity index (χ4v) is 3.25. The van der Waals surface area contributed by atoms with Gasteiger partial charge in [-0.05, 0) is 39.3 Å². The summed E-state index contributed by atoms with van der Waals surface area (Å²) in [6.45, 7) is 6.72. The van der Waals surface area contributed by atoms with Gasteiger partial charge in [0.2, 0.25) is 5.95 Å². The fraction of sp³-hybridized carbons (Fsp3) is 0.529. The summed E-state index contributed by atoms with van der Waals surface area (Å²) in [5.41, 5.74) is 2.78. The fourth-order valence-electron chi connectivity index (χ4n) is 3.25. The molecule has 0 bridgehead atoms. The number of aliphatic hydroxyl groups is 1. The molecule has 1 fully saturated rings. The largest absolute Gasteiger partial charge is 0.395 e. The minimum absolute atomic E-state index is 0.189. The van der Waals surface area contributed by atoms with Crippen molar-refractivity contribution in [1.82, 2.24) is 24.8 Å². The van der Waals surface area contributed by atoms with Gasteiger partial charge in [-0.2, -0.15) is 0 Å². The molecule has 24 heavy (non-hydrogen) atoms. The number of nitrogens with zero attached hydrogens (tertiary/aromatic N) is 5. The van der Waals surface area contributed by atoms with E-state index in [1.54, 1.807) is 12.4 Å². The third-order valence-electron chi connectivity index (χ3n) is 4.25. The van der Waals surface area contributed by atoms with Gasteiger partial charge in [0.1, 0.15) is 0 Å². The first-order valence-electron chi connectivity index (χ1n) is 8.39. The molecule has 0 unspecified atom stereocenters. The predicted molar refractivity (Wildman–Crippen MR) is 92.3 cm³/mol. The van der Waals surface area contributed by atoms with Crippen LogP contribution in [0.5, 0.6) is 0 Å². The summed E-state index contributed by atoms with van der Waals surface area (Å²) in [6.07, 6.45) is 5.58. The van der Waals surface area contributed by atoms with Crippen LogP contribution in [0.2, 0.25) is 0 Å². The van der Waals surface area contributed by atoms with E-state index in [-0.39, 0.29) is 6.61 Å². The molecule has 7 heteroatoms. The van der Waals surface area contributed by atoms with E-state index < -0.39 is 0 Å². The Kier molecular flexibility index (Phi) is 5.32. The van der Waals surface area contributed by atoms with Crippen molar-refractivity contribution in [3.63, 3.8) is 0 Å². The van der Waals surface area contributed by atoms with E-state index in [4.69, 9.17) is 0 Å². The molecule has 0 radical (unpaired) electrons. The van der Waals surface area contributed by atoms with Crippen molar-refractivity contribution in [2.24, 2.45) is 0 Å². The lowest BCUT2D eigenvalue weighted by Crippen LogP contribution is -2.36.